The molecule has 36 heavy (non-hydrogen) atoms. The molecular weight excluding hydrogens is 496 g/mol. The fourth-order valence-electron chi connectivity index (χ4n) is 3.26. The van der Waals surface area contributed by atoms with E-state index in [0.29, 0.717) is 22.4 Å². The highest BCUT2D eigenvalue weighted by Crippen LogP contribution is 2.46. The number of ether oxygens (including phenoxy) is 2. The minimum absolute atomic E-state index is 0.0301. The lowest BCUT2D eigenvalue weighted by molar-refractivity contribution is -0.291. The summed E-state index contributed by atoms with van der Waals surface area (Å²) < 4.78 is 93.6. The Bertz CT molecular complexity index is 1430. The molecule has 3 rings (SSSR count). The molecule has 2 aromatic heterocycles. The number of benzene rings is 1. The van der Waals surface area contributed by atoms with Gasteiger partial charge in [0.25, 0.3) is 5.56 Å². The Balaban J connectivity index is 2.26. The number of aryl methyl sites for hydroxylation is 3. The summed E-state index contributed by atoms with van der Waals surface area (Å²) in [5, 5.41) is 9.07. The summed E-state index contributed by atoms with van der Waals surface area (Å²) in [7, 11) is 1.28. The number of nitrogens with zero attached hydrogens (tertiary/aromatic N) is 5. The molecule has 190 valence electrons. The van der Waals surface area contributed by atoms with Crippen LogP contribution in [0.25, 0.3) is 0 Å². The highest BCUT2D eigenvalue weighted by molar-refractivity contribution is 5.45. The number of methoxy groups -OCH3 is 1. The Labute approximate surface area is 199 Å². The summed E-state index contributed by atoms with van der Waals surface area (Å²) in [6.07, 6.45) is -5.68. The average molecular weight is 513 g/mol. The van der Waals surface area contributed by atoms with Gasteiger partial charge in [0.15, 0.2) is 17.3 Å². The van der Waals surface area contributed by atoms with Crippen molar-refractivity contribution in [2.24, 2.45) is 0 Å². The molecular formula is C22H17F6N5O3. The number of hydrogen-bond donors (Lipinski definition) is 0. The van der Waals surface area contributed by atoms with Gasteiger partial charge >= 0.3 is 12.1 Å². The molecule has 0 aliphatic rings. The van der Waals surface area contributed by atoms with Gasteiger partial charge < -0.3 is 9.47 Å². The molecule has 0 saturated heterocycles. The second-order valence-corrected chi connectivity index (χ2v) is 7.61. The van der Waals surface area contributed by atoms with Gasteiger partial charge in [-0.2, -0.15) is 32.2 Å². The second kappa shape index (κ2) is 9.48. The maximum Gasteiger partial charge on any atom is 0.459 e. The lowest BCUT2D eigenvalue weighted by Crippen LogP contribution is -2.37. The number of alkyl halides is 5. The van der Waals surface area contributed by atoms with Gasteiger partial charge in [0.05, 0.1) is 31.1 Å². The van der Waals surface area contributed by atoms with Crippen LogP contribution in [0.4, 0.5) is 26.3 Å². The van der Waals surface area contributed by atoms with Crippen molar-refractivity contribution in [1.29, 1.82) is 5.26 Å². The first-order valence-electron chi connectivity index (χ1n) is 10.0. The van der Waals surface area contributed by atoms with Crippen LogP contribution in [0.1, 0.15) is 33.9 Å². The SMILES string of the molecule is COc1nc(C)nc(C)c1Cn1cnc(C(F)(F)C(F)(F)F)c(Oc2cc(C)cc(C#N)c2F)c1=O. The maximum absolute atomic E-state index is 14.6. The Hall–Kier alpha value is -4.15. The highest BCUT2D eigenvalue weighted by Gasteiger charge is 2.62. The molecule has 0 aliphatic carbocycles. The van der Waals surface area contributed by atoms with Crippen LogP contribution in [0, 0.1) is 37.9 Å². The highest BCUT2D eigenvalue weighted by atomic mass is 19.4. The Kier molecular flexibility index (Phi) is 6.97. The lowest BCUT2D eigenvalue weighted by atomic mass is 10.1. The van der Waals surface area contributed by atoms with E-state index in [-0.39, 0.29) is 17.0 Å². The van der Waals surface area contributed by atoms with E-state index in [1.165, 1.54) is 20.1 Å². The predicted octanol–water partition coefficient (Wildman–Crippen LogP) is 4.47. The summed E-state index contributed by atoms with van der Waals surface area (Å²) >= 11 is 0. The molecule has 0 unspecified atom stereocenters. The molecule has 1 aromatic carbocycles. The zero-order valence-electron chi connectivity index (χ0n) is 19.2. The minimum Gasteiger partial charge on any atom is -0.481 e. The summed E-state index contributed by atoms with van der Waals surface area (Å²) in [5.74, 6) is -9.11. The fraction of sp³-hybridized carbons (Fsp3) is 0.318. The minimum atomic E-state index is -6.15. The van der Waals surface area contributed by atoms with Crippen LogP contribution in [0.5, 0.6) is 17.4 Å². The van der Waals surface area contributed by atoms with Crippen LogP contribution in [0.3, 0.4) is 0 Å². The van der Waals surface area contributed by atoms with Crippen molar-refractivity contribution < 1.29 is 35.8 Å². The zero-order valence-corrected chi connectivity index (χ0v) is 19.2. The van der Waals surface area contributed by atoms with E-state index < -0.39 is 52.8 Å². The normalized spacial score (nSPS) is 11.8. The van der Waals surface area contributed by atoms with Gasteiger partial charge in [-0.1, -0.05) is 0 Å². The van der Waals surface area contributed by atoms with Crippen molar-refractivity contribution in [3.05, 3.63) is 68.5 Å². The molecule has 0 amide bonds. The molecule has 0 fully saturated rings. The topological polar surface area (TPSA) is 103 Å². The van der Waals surface area contributed by atoms with Gasteiger partial charge in [-0.25, -0.2) is 14.4 Å². The predicted molar refractivity (Wildman–Crippen MR) is 112 cm³/mol. The monoisotopic (exact) mass is 513 g/mol. The van der Waals surface area contributed by atoms with Crippen molar-refractivity contribution in [1.82, 2.24) is 19.5 Å². The summed E-state index contributed by atoms with van der Waals surface area (Å²) in [4.78, 5) is 24.5. The molecule has 0 spiro atoms. The maximum atomic E-state index is 14.6. The number of halogens is 6. The Morgan fingerprint density at radius 3 is 2.36 bits per heavy atom. The second-order valence-electron chi connectivity index (χ2n) is 7.61. The van der Waals surface area contributed by atoms with Gasteiger partial charge in [0.1, 0.15) is 11.9 Å². The van der Waals surface area contributed by atoms with Crippen molar-refractivity contribution in [3.8, 4) is 23.4 Å². The molecule has 14 heteroatoms. The fourth-order valence-corrected chi connectivity index (χ4v) is 3.26. The third-order valence-electron chi connectivity index (χ3n) is 4.98. The van der Waals surface area contributed by atoms with Crippen molar-refractivity contribution >= 4 is 0 Å². The largest absolute Gasteiger partial charge is 0.481 e. The van der Waals surface area contributed by atoms with E-state index in [9.17, 15) is 31.1 Å². The quantitative estimate of drug-likeness (QED) is 0.448. The first kappa shape index (κ1) is 26.5. The average Bonchev–Trinajstić information content (AvgIpc) is 2.78. The van der Waals surface area contributed by atoms with E-state index in [4.69, 9.17) is 14.7 Å². The zero-order chi connectivity index (χ0) is 27.0. The van der Waals surface area contributed by atoms with Crippen LogP contribution in [-0.4, -0.2) is 32.8 Å². The van der Waals surface area contributed by atoms with Gasteiger partial charge in [0, 0.05) is 5.69 Å². The van der Waals surface area contributed by atoms with Gasteiger partial charge in [-0.05, 0) is 38.5 Å². The Morgan fingerprint density at radius 2 is 1.78 bits per heavy atom. The van der Waals surface area contributed by atoms with Crippen molar-refractivity contribution in [2.45, 2.75) is 39.4 Å². The number of hydrogen-bond acceptors (Lipinski definition) is 7. The lowest BCUT2D eigenvalue weighted by Gasteiger charge is -2.22. The van der Waals surface area contributed by atoms with E-state index in [0.717, 1.165) is 12.1 Å². The van der Waals surface area contributed by atoms with E-state index in [1.807, 2.05) is 0 Å². The first-order valence-corrected chi connectivity index (χ1v) is 10.0. The third kappa shape index (κ3) is 4.81. The molecule has 3 aromatic rings. The molecule has 0 bridgehead atoms. The smallest absolute Gasteiger partial charge is 0.459 e. The number of nitriles is 1. The van der Waals surface area contributed by atoms with Crippen LogP contribution in [-0.2, 0) is 12.5 Å². The molecule has 0 N–H and O–H groups in total. The van der Waals surface area contributed by atoms with E-state index in [2.05, 4.69) is 15.0 Å². The van der Waals surface area contributed by atoms with E-state index >= 15 is 0 Å². The Morgan fingerprint density at radius 1 is 1.11 bits per heavy atom. The van der Waals surface area contributed by atoms with Crippen LogP contribution in [0.15, 0.2) is 23.3 Å². The first-order chi connectivity index (χ1) is 16.7. The van der Waals surface area contributed by atoms with Crippen molar-refractivity contribution in [2.75, 3.05) is 7.11 Å². The molecule has 0 atom stereocenters. The summed E-state index contributed by atoms with van der Waals surface area (Å²) in [6.45, 7) is 4.06. The van der Waals surface area contributed by atoms with Crippen molar-refractivity contribution in [3.63, 3.8) is 0 Å². The standard InChI is InChI=1S/C22H17F6N5O3/c1-10-5-13(7-29)16(23)15(6-10)36-17-18(21(24,25)22(26,27)28)30-9-33(20(17)34)8-14-11(2)31-12(3)32-19(14)35-4/h5-6,9H,8H2,1-4H3. The van der Waals surface area contributed by atoms with Crippen LogP contribution >= 0.6 is 0 Å². The number of aromatic nitrogens is 4. The molecule has 8 nitrogen and oxygen atoms in total. The molecule has 0 aliphatic heterocycles. The van der Waals surface area contributed by atoms with Gasteiger partial charge in [-0.15, -0.1) is 0 Å². The van der Waals surface area contributed by atoms with Crippen LogP contribution < -0.4 is 15.0 Å². The molecule has 2 heterocycles. The van der Waals surface area contributed by atoms with Gasteiger partial charge in [-0.3, -0.25) is 9.36 Å². The van der Waals surface area contributed by atoms with E-state index in [1.54, 1.807) is 13.8 Å². The summed E-state index contributed by atoms with van der Waals surface area (Å²) in [6, 6.07) is 3.54. The third-order valence-corrected chi connectivity index (χ3v) is 4.98. The summed E-state index contributed by atoms with van der Waals surface area (Å²) in [5.41, 5.74) is -3.36. The van der Waals surface area contributed by atoms with Gasteiger partial charge in [0.2, 0.25) is 11.6 Å². The van der Waals surface area contributed by atoms with Crippen LogP contribution in [0.2, 0.25) is 0 Å². The number of rotatable bonds is 6. The molecule has 0 radical (unpaired) electrons. The molecule has 0 saturated carbocycles.